The quantitative estimate of drug-likeness (QED) is 0.776. The van der Waals surface area contributed by atoms with E-state index in [1.54, 1.807) is 17.5 Å². The number of nitrogens with one attached hydrogen (secondary N) is 1. The number of aliphatic hydroxyl groups excluding tert-OH is 1. The molecule has 1 atom stereocenters. The van der Waals surface area contributed by atoms with Gasteiger partial charge >= 0.3 is 0 Å². The van der Waals surface area contributed by atoms with Crippen LogP contribution in [0.3, 0.4) is 0 Å². The van der Waals surface area contributed by atoms with Crippen molar-refractivity contribution in [3.05, 3.63) is 28.1 Å². The Morgan fingerprint density at radius 2 is 2.26 bits per heavy atom. The molecule has 0 aliphatic carbocycles. The van der Waals surface area contributed by atoms with Crippen molar-refractivity contribution < 1.29 is 9.84 Å². The highest BCUT2D eigenvalue weighted by Gasteiger charge is 2.06. The van der Waals surface area contributed by atoms with Crippen LogP contribution in [0.2, 0.25) is 0 Å². The van der Waals surface area contributed by atoms with Crippen LogP contribution in [0.5, 0.6) is 5.88 Å². The predicted molar refractivity (Wildman–Crippen MR) is 76.8 cm³/mol. The van der Waals surface area contributed by atoms with Crippen molar-refractivity contribution in [1.82, 2.24) is 14.1 Å². The van der Waals surface area contributed by atoms with E-state index < -0.39 is 6.10 Å². The maximum absolute atomic E-state index is 9.75. The molecule has 0 spiro atoms. The van der Waals surface area contributed by atoms with Gasteiger partial charge in [0.05, 0.1) is 11.7 Å². The lowest BCUT2D eigenvalue weighted by molar-refractivity contribution is 0.104. The van der Waals surface area contributed by atoms with Gasteiger partial charge in [0.15, 0.2) is 0 Å². The molecule has 0 aliphatic rings. The number of ether oxygens (including phenoxy) is 1. The van der Waals surface area contributed by atoms with Gasteiger partial charge in [0.1, 0.15) is 18.9 Å². The van der Waals surface area contributed by atoms with Gasteiger partial charge in [-0.25, -0.2) is 0 Å². The fourth-order valence-corrected chi connectivity index (χ4v) is 2.82. The van der Waals surface area contributed by atoms with E-state index in [0.717, 1.165) is 24.7 Å². The van der Waals surface area contributed by atoms with Crippen LogP contribution in [0.15, 0.2) is 18.3 Å². The van der Waals surface area contributed by atoms with Gasteiger partial charge in [0.2, 0.25) is 5.88 Å². The molecule has 2 aromatic heterocycles. The third-order valence-electron chi connectivity index (χ3n) is 2.51. The van der Waals surface area contributed by atoms with E-state index in [0.29, 0.717) is 12.4 Å². The molecule has 0 aromatic carbocycles. The van der Waals surface area contributed by atoms with E-state index in [9.17, 15) is 5.11 Å². The highest BCUT2D eigenvalue weighted by Crippen LogP contribution is 2.16. The summed E-state index contributed by atoms with van der Waals surface area (Å²) in [7, 11) is 0. The molecule has 19 heavy (non-hydrogen) atoms. The second-order valence-corrected chi connectivity index (χ2v) is 5.87. The number of aromatic nitrogens is 2. The summed E-state index contributed by atoms with van der Waals surface area (Å²) in [6, 6.07) is 4.27. The zero-order valence-electron chi connectivity index (χ0n) is 10.7. The predicted octanol–water partition coefficient (Wildman–Crippen LogP) is 1.69. The zero-order chi connectivity index (χ0) is 13.5. The van der Waals surface area contributed by atoms with E-state index in [-0.39, 0.29) is 6.61 Å². The van der Waals surface area contributed by atoms with Crippen molar-refractivity contribution >= 4 is 23.1 Å². The maximum atomic E-state index is 9.75. The number of hydrogen-bond donors (Lipinski definition) is 2. The summed E-state index contributed by atoms with van der Waals surface area (Å²) in [4.78, 5) is 2.67. The maximum Gasteiger partial charge on any atom is 0.245 e. The van der Waals surface area contributed by atoms with E-state index in [1.807, 2.05) is 0 Å². The third-order valence-corrected chi connectivity index (χ3v) is 4.20. The minimum Gasteiger partial charge on any atom is -0.473 e. The monoisotopic (exact) mass is 299 g/mol. The highest BCUT2D eigenvalue weighted by atomic mass is 32.1. The largest absolute Gasteiger partial charge is 0.473 e. The van der Waals surface area contributed by atoms with Crippen LogP contribution < -0.4 is 10.1 Å². The molecule has 0 saturated heterocycles. The van der Waals surface area contributed by atoms with Crippen molar-refractivity contribution in [2.24, 2.45) is 0 Å². The summed E-state index contributed by atoms with van der Waals surface area (Å²) >= 11 is 2.89. The van der Waals surface area contributed by atoms with E-state index >= 15 is 0 Å². The minimum atomic E-state index is -0.549. The first-order chi connectivity index (χ1) is 9.28. The second-order valence-electron chi connectivity index (χ2n) is 4.06. The molecule has 7 heteroatoms. The second kappa shape index (κ2) is 7.54. The van der Waals surface area contributed by atoms with Gasteiger partial charge in [-0.05, 0) is 18.6 Å². The molecule has 0 amide bonds. The molecule has 5 nitrogen and oxygen atoms in total. The molecule has 104 valence electrons. The van der Waals surface area contributed by atoms with E-state index in [4.69, 9.17) is 4.74 Å². The van der Waals surface area contributed by atoms with Gasteiger partial charge < -0.3 is 15.2 Å². The Labute approximate surface area is 120 Å². The van der Waals surface area contributed by atoms with Gasteiger partial charge in [-0.15, -0.1) is 15.7 Å². The molecule has 0 bridgehead atoms. The Bertz CT molecular complexity index is 473. The van der Waals surface area contributed by atoms with Gasteiger partial charge in [-0.3, -0.25) is 0 Å². The SMILES string of the molecule is CCc1ccc(CNCC(O)COc2cnsn2)s1. The van der Waals surface area contributed by atoms with Crippen LogP contribution in [-0.4, -0.2) is 33.1 Å². The smallest absolute Gasteiger partial charge is 0.245 e. The molecule has 2 N–H and O–H groups in total. The summed E-state index contributed by atoms with van der Waals surface area (Å²) in [6.45, 7) is 3.65. The highest BCUT2D eigenvalue weighted by molar-refractivity contribution is 7.11. The first kappa shape index (κ1) is 14.4. The van der Waals surface area contributed by atoms with Crippen molar-refractivity contribution in [3.8, 4) is 5.88 Å². The lowest BCUT2D eigenvalue weighted by atomic mass is 10.3. The summed E-state index contributed by atoms with van der Waals surface area (Å²) in [6.07, 6.45) is 2.07. The van der Waals surface area contributed by atoms with Crippen molar-refractivity contribution in [2.45, 2.75) is 26.0 Å². The number of thiophene rings is 1. The van der Waals surface area contributed by atoms with Crippen molar-refractivity contribution in [1.29, 1.82) is 0 Å². The van der Waals surface area contributed by atoms with Gasteiger partial charge in [0.25, 0.3) is 0 Å². The van der Waals surface area contributed by atoms with Gasteiger partial charge in [-0.1, -0.05) is 6.92 Å². The summed E-state index contributed by atoms with van der Waals surface area (Å²) < 4.78 is 13.0. The summed E-state index contributed by atoms with van der Waals surface area (Å²) in [5, 5.41) is 13.0. The van der Waals surface area contributed by atoms with Crippen LogP contribution in [-0.2, 0) is 13.0 Å². The lowest BCUT2D eigenvalue weighted by Crippen LogP contribution is -2.31. The normalized spacial score (nSPS) is 12.5. The van der Waals surface area contributed by atoms with Gasteiger partial charge in [0, 0.05) is 22.8 Å². The Morgan fingerprint density at radius 3 is 2.95 bits per heavy atom. The standard InChI is InChI=1S/C12H17N3O2S2/c1-2-10-3-4-11(18-10)6-13-5-9(16)8-17-12-7-14-19-15-12/h3-4,7,9,13,16H,2,5-6,8H2,1H3. The molecule has 1 unspecified atom stereocenters. The topological polar surface area (TPSA) is 67.3 Å². The van der Waals surface area contributed by atoms with Crippen LogP contribution in [0.4, 0.5) is 0 Å². The van der Waals surface area contributed by atoms with E-state index in [1.165, 1.54) is 9.75 Å². The molecule has 0 aliphatic heterocycles. The Kier molecular flexibility index (Phi) is 5.71. The minimum absolute atomic E-state index is 0.225. The zero-order valence-corrected chi connectivity index (χ0v) is 12.3. The molecule has 0 saturated carbocycles. The number of aliphatic hydroxyl groups is 1. The average Bonchev–Trinajstić information content (AvgIpc) is 3.07. The van der Waals surface area contributed by atoms with E-state index in [2.05, 4.69) is 33.1 Å². The average molecular weight is 299 g/mol. The molecular formula is C12H17N3O2S2. The number of aryl methyl sites for hydroxylation is 1. The Hall–Kier alpha value is -1.02. The lowest BCUT2D eigenvalue weighted by Gasteiger charge is -2.11. The number of nitrogens with zero attached hydrogens (tertiary/aromatic N) is 2. The third kappa shape index (κ3) is 4.87. The van der Waals surface area contributed by atoms with Crippen molar-refractivity contribution in [2.75, 3.05) is 13.2 Å². The fourth-order valence-electron chi connectivity index (χ4n) is 1.53. The Morgan fingerprint density at radius 1 is 1.42 bits per heavy atom. The summed E-state index contributed by atoms with van der Waals surface area (Å²) in [5.41, 5.74) is 0. The first-order valence-electron chi connectivity index (χ1n) is 6.14. The molecule has 2 heterocycles. The molecule has 2 rings (SSSR count). The van der Waals surface area contributed by atoms with Crippen LogP contribution in [0.1, 0.15) is 16.7 Å². The molecule has 0 fully saturated rings. The molecule has 0 radical (unpaired) electrons. The molecule has 2 aromatic rings. The Balaban J connectivity index is 1.62. The summed E-state index contributed by atoms with van der Waals surface area (Å²) in [5.74, 6) is 0.467. The van der Waals surface area contributed by atoms with Crippen LogP contribution in [0.25, 0.3) is 0 Å². The first-order valence-corrected chi connectivity index (χ1v) is 7.69. The number of rotatable bonds is 8. The van der Waals surface area contributed by atoms with Crippen LogP contribution >= 0.6 is 23.1 Å². The number of hydrogen-bond acceptors (Lipinski definition) is 7. The fraction of sp³-hybridized carbons (Fsp3) is 0.500. The van der Waals surface area contributed by atoms with Crippen LogP contribution in [0, 0.1) is 0 Å². The van der Waals surface area contributed by atoms with Crippen molar-refractivity contribution in [3.63, 3.8) is 0 Å². The molecular weight excluding hydrogens is 282 g/mol. The van der Waals surface area contributed by atoms with Gasteiger partial charge in [-0.2, -0.15) is 4.37 Å².